The fourth-order valence-corrected chi connectivity index (χ4v) is 1.31. The third kappa shape index (κ3) is 4.82. The highest BCUT2D eigenvalue weighted by atomic mass is 79.9. The van der Waals surface area contributed by atoms with Crippen LogP contribution in [-0.4, -0.2) is 11.8 Å². The molecule has 0 aromatic heterocycles. The van der Waals surface area contributed by atoms with E-state index in [-0.39, 0.29) is 12.3 Å². The normalized spacial score (nSPS) is 14.3. The van der Waals surface area contributed by atoms with Crippen molar-refractivity contribution in [2.45, 2.75) is 26.2 Å². The fourth-order valence-electron chi connectivity index (χ4n) is 0.591. The molecule has 0 aromatic rings. The Morgan fingerprint density at radius 1 is 1.44 bits per heavy atom. The minimum atomic E-state index is -2.15. The molecule has 0 unspecified atom stereocenters. The molecule has 0 aliphatic rings. The molecule has 0 aliphatic carbocycles. The van der Waals surface area contributed by atoms with E-state index < -0.39 is 6.43 Å². The van der Waals surface area contributed by atoms with E-state index >= 15 is 0 Å². The van der Waals surface area contributed by atoms with E-state index in [1.54, 1.807) is 0 Å². The average Bonchev–Trinajstić information content (AvgIpc) is 1.82. The lowest BCUT2D eigenvalue weighted by Crippen LogP contribution is -2.05. The van der Waals surface area contributed by atoms with E-state index in [0.717, 1.165) is 6.42 Å². The van der Waals surface area contributed by atoms with Gasteiger partial charge < -0.3 is 0 Å². The smallest absolute Gasteiger partial charge is 0.211 e. The first-order valence-electron chi connectivity index (χ1n) is 3.04. The van der Waals surface area contributed by atoms with Gasteiger partial charge in [0.25, 0.3) is 0 Å². The third-order valence-corrected chi connectivity index (χ3v) is 2.22. The van der Waals surface area contributed by atoms with Gasteiger partial charge in [0.05, 0.1) is 0 Å². The molecular weight excluding hydrogens is 190 g/mol. The maximum absolute atomic E-state index is 11.6. The predicted octanol–water partition coefficient (Wildman–Crippen LogP) is 3.06. The Morgan fingerprint density at radius 3 is 2.11 bits per heavy atom. The first kappa shape index (κ1) is 9.34. The quantitative estimate of drug-likeness (QED) is 0.613. The second kappa shape index (κ2) is 5.15. The van der Waals surface area contributed by atoms with Gasteiger partial charge in [0.1, 0.15) is 0 Å². The van der Waals surface area contributed by atoms with Crippen molar-refractivity contribution >= 4 is 15.9 Å². The summed E-state index contributed by atoms with van der Waals surface area (Å²) in [6.45, 7) is 1.92. The van der Waals surface area contributed by atoms with Crippen LogP contribution in [0.5, 0.6) is 0 Å². The molecule has 0 aromatic carbocycles. The van der Waals surface area contributed by atoms with Gasteiger partial charge in [-0.1, -0.05) is 29.3 Å². The van der Waals surface area contributed by atoms with Gasteiger partial charge in [-0.15, -0.1) is 0 Å². The van der Waals surface area contributed by atoms with Gasteiger partial charge in [-0.25, -0.2) is 8.78 Å². The summed E-state index contributed by atoms with van der Waals surface area (Å²) in [4.78, 5) is 0. The summed E-state index contributed by atoms with van der Waals surface area (Å²) in [6, 6.07) is 0. The zero-order chi connectivity index (χ0) is 7.28. The summed E-state index contributed by atoms with van der Waals surface area (Å²) < 4.78 is 23.3. The number of hydrogen-bond donors (Lipinski definition) is 0. The molecule has 3 heteroatoms. The number of rotatable bonds is 4. The Bertz CT molecular complexity index is 62.1. The first-order valence-corrected chi connectivity index (χ1v) is 4.17. The van der Waals surface area contributed by atoms with Crippen LogP contribution in [0.1, 0.15) is 19.8 Å². The minimum absolute atomic E-state index is 0.0295. The van der Waals surface area contributed by atoms with E-state index in [2.05, 4.69) is 15.9 Å². The highest BCUT2D eigenvalue weighted by molar-refractivity contribution is 9.09. The zero-order valence-corrected chi connectivity index (χ0v) is 7.00. The van der Waals surface area contributed by atoms with Gasteiger partial charge in [-0.3, -0.25) is 0 Å². The van der Waals surface area contributed by atoms with Crippen molar-refractivity contribution in [1.82, 2.24) is 0 Å². The van der Waals surface area contributed by atoms with Crippen molar-refractivity contribution in [3.63, 3.8) is 0 Å². The lowest BCUT2D eigenvalue weighted by Gasteiger charge is -2.08. The second-order valence-electron chi connectivity index (χ2n) is 2.06. The maximum atomic E-state index is 11.6. The molecule has 0 nitrogen and oxygen atoms in total. The van der Waals surface area contributed by atoms with E-state index in [4.69, 9.17) is 0 Å². The molecule has 0 saturated heterocycles. The highest BCUT2D eigenvalue weighted by Crippen LogP contribution is 2.15. The van der Waals surface area contributed by atoms with Crippen LogP contribution in [0, 0.1) is 5.92 Å². The van der Waals surface area contributed by atoms with Crippen molar-refractivity contribution in [2.24, 2.45) is 5.92 Å². The van der Waals surface area contributed by atoms with Gasteiger partial charge in [0, 0.05) is 11.8 Å². The van der Waals surface area contributed by atoms with Crippen molar-refractivity contribution < 1.29 is 8.78 Å². The molecule has 1 atom stereocenters. The van der Waals surface area contributed by atoms with Gasteiger partial charge >= 0.3 is 0 Å². The summed E-state index contributed by atoms with van der Waals surface area (Å²) in [5.41, 5.74) is 0. The fraction of sp³-hybridized carbons (Fsp3) is 1.00. The molecule has 56 valence electrons. The van der Waals surface area contributed by atoms with Gasteiger partial charge in [-0.2, -0.15) is 0 Å². The van der Waals surface area contributed by atoms with Crippen LogP contribution in [0.4, 0.5) is 8.78 Å². The third-order valence-electron chi connectivity index (χ3n) is 1.31. The summed E-state index contributed by atoms with van der Waals surface area (Å²) in [7, 11) is 0. The highest BCUT2D eigenvalue weighted by Gasteiger charge is 2.10. The topological polar surface area (TPSA) is 0 Å². The largest absolute Gasteiger partial charge is 0.238 e. The summed E-state index contributed by atoms with van der Waals surface area (Å²) in [5, 5.41) is 0.688. The first-order chi connectivity index (χ1) is 4.20. The molecule has 0 saturated carbocycles. The monoisotopic (exact) mass is 200 g/mol. The van der Waals surface area contributed by atoms with Crippen LogP contribution in [0.15, 0.2) is 0 Å². The summed E-state index contributed by atoms with van der Waals surface area (Å²) in [6.07, 6.45) is -1.29. The lowest BCUT2D eigenvalue weighted by atomic mass is 10.1. The molecule has 0 fully saturated rings. The Morgan fingerprint density at radius 2 is 2.00 bits per heavy atom. The molecule has 0 heterocycles. The lowest BCUT2D eigenvalue weighted by molar-refractivity contribution is 0.118. The molecule has 0 amide bonds. The van der Waals surface area contributed by atoms with Gasteiger partial charge in [0.15, 0.2) is 0 Å². The second-order valence-corrected chi connectivity index (χ2v) is 2.70. The molecule has 9 heavy (non-hydrogen) atoms. The van der Waals surface area contributed by atoms with Crippen LogP contribution < -0.4 is 0 Å². The molecular formula is C6H11BrF2. The van der Waals surface area contributed by atoms with E-state index in [1.807, 2.05) is 6.92 Å². The van der Waals surface area contributed by atoms with Crippen LogP contribution >= 0.6 is 15.9 Å². The van der Waals surface area contributed by atoms with Crippen LogP contribution in [0.3, 0.4) is 0 Å². The predicted molar refractivity (Wildman–Crippen MR) is 38.2 cm³/mol. The van der Waals surface area contributed by atoms with Gasteiger partial charge in [0.2, 0.25) is 6.43 Å². The number of hydrogen-bond acceptors (Lipinski definition) is 0. The Labute approximate surface area is 62.8 Å². The molecule has 0 aliphatic heterocycles. The van der Waals surface area contributed by atoms with Gasteiger partial charge in [-0.05, 0) is 5.92 Å². The standard InChI is InChI=1S/C6H11BrF2/c1-2-5(4-7)3-6(8)9/h5-6H,2-4H2,1H3/t5-/m1/s1. The molecule has 0 bridgehead atoms. The Hall–Kier alpha value is 0.340. The Balaban J connectivity index is 3.31. The molecule has 0 spiro atoms. The van der Waals surface area contributed by atoms with Crippen LogP contribution in [-0.2, 0) is 0 Å². The van der Waals surface area contributed by atoms with E-state index in [0.29, 0.717) is 5.33 Å². The average molecular weight is 201 g/mol. The number of alkyl halides is 3. The van der Waals surface area contributed by atoms with E-state index in [9.17, 15) is 8.78 Å². The molecule has 0 N–H and O–H groups in total. The van der Waals surface area contributed by atoms with Crippen molar-refractivity contribution in [3.05, 3.63) is 0 Å². The molecule has 0 rings (SSSR count). The SMILES string of the molecule is CC[C@@H](CBr)CC(F)F. The summed E-state index contributed by atoms with van der Waals surface area (Å²) in [5.74, 6) is 0.144. The van der Waals surface area contributed by atoms with Crippen molar-refractivity contribution in [1.29, 1.82) is 0 Å². The van der Waals surface area contributed by atoms with Crippen molar-refractivity contribution in [3.8, 4) is 0 Å². The van der Waals surface area contributed by atoms with Crippen molar-refractivity contribution in [2.75, 3.05) is 5.33 Å². The van der Waals surface area contributed by atoms with Crippen LogP contribution in [0.25, 0.3) is 0 Å². The zero-order valence-electron chi connectivity index (χ0n) is 5.41. The van der Waals surface area contributed by atoms with Crippen LogP contribution in [0.2, 0.25) is 0 Å². The maximum Gasteiger partial charge on any atom is 0.238 e. The summed E-state index contributed by atoms with van der Waals surface area (Å²) >= 11 is 3.17. The number of halogens is 3. The molecule has 0 radical (unpaired) electrons. The Kier molecular flexibility index (Phi) is 5.35. The van der Waals surface area contributed by atoms with E-state index in [1.165, 1.54) is 0 Å². The minimum Gasteiger partial charge on any atom is -0.211 e.